The number of hydrogen-bond acceptors (Lipinski definition) is 6. The van der Waals surface area contributed by atoms with Crippen LogP contribution in [0.25, 0.3) is 0 Å². The van der Waals surface area contributed by atoms with Crippen molar-refractivity contribution >= 4 is 40.2 Å². The van der Waals surface area contributed by atoms with Gasteiger partial charge in [0.25, 0.3) is 5.91 Å². The van der Waals surface area contributed by atoms with E-state index in [2.05, 4.69) is 5.32 Å². The lowest BCUT2D eigenvalue weighted by Gasteiger charge is -2.12. The van der Waals surface area contributed by atoms with Gasteiger partial charge in [-0.25, -0.2) is 4.79 Å². The second-order valence-electron chi connectivity index (χ2n) is 4.85. The van der Waals surface area contributed by atoms with Crippen molar-refractivity contribution in [3.05, 3.63) is 45.5 Å². The first-order valence-corrected chi connectivity index (χ1v) is 8.20. The Hall–Kier alpha value is -2.49. The maximum absolute atomic E-state index is 12.0. The van der Waals surface area contributed by atoms with Crippen LogP contribution in [0.3, 0.4) is 0 Å². The second-order valence-corrected chi connectivity index (χ2v) is 6.10. The number of carbonyl (C=O) groups excluding carboxylic acids is 2. The van der Waals surface area contributed by atoms with Gasteiger partial charge in [-0.05, 0) is 52.9 Å². The van der Waals surface area contributed by atoms with E-state index in [4.69, 9.17) is 14.2 Å². The van der Waals surface area contributed by atoms with Gasteiger partial charge in [-0.1, -0.05) is 0 Å². The fourth-order valence-electron chi connectivity index (χ4n) is 1.97. The third-order valence-electron chi connectivity index (χ3n) is 3.20. The van der Waals surface area contributed by atoms with Crippen molar-refractivity contribution in [1.29, 1.82) is 0 Å². The molecule has 0 radical (unpaired) electrons. The summed E-state index contributed by atoms with van der Waals surface area (Å²) < 4.78 is 16.0. The van der Waals surface area contributed by atoms with Crippen molar-refractivity contribution < 1.29 is 28.9 Å². The lowest BCUT2D eigenvalue weighted by atomic mass is 10.2. The highest BCUT2D eigenvalue weighted by Crippen LogP contribution is 2.29. The van der Waals surface area contributed by atoms with E-state index in [0.717, 1.165) is 3.57 Å². The van der Waals surface area contributed by atoms with Crippen molar-refractivity contribution in [2.24, 2.45) is 0 Å². The number of hydrogen-bond donors (Lipinski definition) is 2. The van der Waals surface area contributed by atoms with Crippen LogP contribution in [-0.2, 0) is 9.53 Å². The first kappa shape index (κ1) is 18.8. The monoisotopic (exact) mass is 457 g/mol. The van der Waals surface area contributed by atoms with Gasteiger partial charge in [0.1, 0.15) is 22.8 Å². The lowest BCUT2D eigenvalue weighted by Crippen LogP contribution is -2.21. The Morgan fingerprint density at radius 3 is 2.56 bits per heavy atom. The normalized spacial score (nSPS) is 10.0. The van der Waals surface area contributed by atoms with Crippen LogP contribution in [0.4, 0.5) is 5.69 Å². The number of amides is 1. The molecule has 2 N–H and O–H groups in total. The highest BCUT2D eigenvalue weighted by molar-refractivity contribution is 14.1. The first-order chi connectivity index (χ1) is 11.9. The summed E-state index contributed by atoms with van der Waals surface area (Å²) in [5.74, 6) is -0.540. The number of rotatable bonds is 6. The van der Waals surface area contributed by atoms with Crippen molar-refractivity contribution in [3.63, 3.8) is 0 Å². The van der Waals surface area contributed by atoms with Crippen molar-refractivity contribution in [1.82, 2.24) is 0 Å². The predicted molar refractivity (Wildman–Crippen MR) is 99.3 cm³/mol. The average molecular weight is 457 g/mol. The summed E-state index contributed by atoms with van der Waals surface area (Å²) in [5, 5.41) is 12.3. The molecule has 0 unspecified atom stereocenters. The van der Waals surface area contributed by atoms with Gasteiger partial charge < -0.3 is 24.6 Å². The van der Waals surface area contributed by atoms with Crippen LogP contribution < -0.4 is 14.8 Å². The SMILES string of the molecule is COc1ccc(NC(=O)COC(=O)c2cc(I)ccc2O)c(OC)c1. The van der Waals surface area contributed by atoms with E-state index in [0.29, 0.717) is 17.2 Å². The van der Waals surface area contributed by atoms with Crippen LogP contribution >= 0.6 is 22.6 Å². The number of anilines is 1. The van der Waals surface area contributed by atoms with E-state index in [1.807, 2.05) is 22.6 Å². The molecule has 0 aliphatic carbocycles. The quantitative estimate of drug-likeness (QED) is 0.512. The number of ether oxygens (including phenoxy) is 3. The summed E-state index contributed by atoms with van der Waals surface area (Å²) in [6, 6.07) is 9.40. The number of methoxy groups -OCH3 is 2. The fourth-order valence-corrected chi connectivity index (χ4v) is 2.46. The first-order valence-electron chi connectivity index (χ1n) is 7.12. The fraction of sp³-hybridized carbons (Fsp3) is 0.176. The molecule has 132 valence electrons. The van der Waals surface area contributed by atoms with Gasteiger partial charge in [-0.3, -0.25) is 4.79 Å². The number of benzene rings is 2. The molecule has 0 atom stereocenters. The molecule has 0 saturated heterocycles. The van der Waals surface area contributed by atoms with Crippen LogP contribution in [0.15, 0.2) is 36.4 Å². The Balaban J connectivity index is 1.99. The van der Waals surface area contributed by atoms with Crippen molar-refractivity contribution in [3.8, 4) is 17.2 Å². The summed E-state index contributed by atoms with van der Waals surface area (Å²) >= 11 is 2.00. The Bertz CT molecular complexity index is 793. The number of phenolic OH excluding ortho intramolecular Hbond substituents is 1. The Kier molecular flexibility index (Phi) is 6.45. The smallest absolute Gasteiger partial charge is 0.342 e. The van der Waals surface area contributed by atoms with Gasteiger partial charge in [-0.15, -0.1) is 0 Å². The molecule has 0 saturated carbocycles. The topological polar surface area (TPSA) is 94.1 Å². The molecular weight excluding hydrogens is 441 g/mol. The molecule has 0 spiro atoms. The van der Waals surface area contributed by atoms with E-state index in [1.165, 1.54) is 26.4 Å². The van der Waals surface area contributed by atoms with Gasteiger partial charge in [0.2, 0.25) is 0 Å². The molecular formula is C17H16INO6. The van der Waals surface area contributed by atoms with Gasteiger partial charge in [0.15, 0.2) is 6.61 Å². The second kappa shape index (κ2) is 8.56. The van der Waals surface area contributed by atoms with Crippen LogP contribution in [0.2, 0.25) is 0 Å². The minimum Gasteiger partial charge on any atom is -0.507 e. The number of nitrogens with one attached hydrogen (secondary N) is 1. The highest BCUT2D eigenvalue weighted by atomic mass is 127. The molecule has 1 amide bonds. The van der Waals surface area contributed by atoms with E-state index < -0.39 is 18.5 Å². The minimum absolute atomic E-state index is 0.00160. The molecule has 0 aliphatic heterocycles. The Morgan fingerprint density at radius 2 is 1.88 bits per heavy atom. The lowest BCUT2D eigenvalue weighted by molar-refractivity contribution is -0.119. The Morgan fingerprint density at radius 1 is 1.12 bits per heavy atom. The van der Waals surface area contributed by atoms with Gasteiger partial charge in [0.05, 0.1) is 19.9 Å². The number of phenols is 1. The molecule has 0 heterocycles. The molecule has 0 bridgehead atoms. The molecule has 25 heavy (non-hydrogen) atoms. The van der Waals surface area contributed by atoms with Gasteiger partial charge >= 0.3 is 5.97 Å². The average Bonchev–Trinajstić information content (AvgIpc) is 2.62. The number of halogens is 1. The number of esters is 1. The van der Waals surface area contributed by atoms with E-state index in [1.54, 1.807) is 24.3 Å². The third kappa shape index (κ3) is 4.99. The summed E-state index contributed by atoms with van der Waals surface area (Å²) in [6.45, 7) is -0.501. The minimum atomic E-state index is -0.784. The predicted octanol–water partition coefficient (Wildman–Crippen LogP) is 2.81. The zero-order valence-corrected chi connectivity index (χ0v) is 15.7. The molecule has 0 aliphatic rings. The van der Waals surface area contributed by atoms with Gasteiger partial charge in [-0.2, -0.15) is 0 Å². The summed E-state index contributed by atoms with van der Waals surface area (Å²) in [5.41, 5.74) is 0.420. The Labute approximate surface area is 158 Å². The molecule has 2 rings (SSSR count). The van der Waals surface area contributed by atoms with Crippen molar-refractivity contribution in [2.75, 3.05) is 26.1 Å². The molecule has 2 aromatic rings. The number of aromatic hydroxyl groups is 1. The number of carbonyl (C=O) groups is 2. The maximum Gasteiger partial charge on any atom is 0.342 e. The van der Waals surface area contributed by atoms with E-state index in [-0.39, 0.29) is 11.3 Å². The van der Waals surface area contributed by atoms with Crippen LogP contribution in [0.5, 0.6) is 17.2 Å². The maximum atomic E-state index is 12.0. The molecule has 2 aromatic carbocycles. The standard InChI is InChI=1S/C17H16INO6/c1-23-11-4-5-13(15(8-11)24-2)19-16(21)9-25-17(22)12-7-10(18)3-6-14(12)20/h3-8,20H,9H2,1-2H3,(H,19,21). The molecule has 0 aromatic heterocycles. The van der Waals surface area contributed by atoms with Crippen LogP contribution in [0.1, 0.15) is 10.4 Å². The summed E-state index contributed by atoms with van der Waals surface area (Å²) in [4.78, 5) is 24.0. The summed E-state index contributed by atoms with van der Waals surface area (Å²) in [7, 11) is 2.98. The van der Waals surface area contributed by atoms with Crippen LogP contribution in [-0.4, -0.2) is 37.8 Å². The van der Waals surface area contributed by atoms with Crippen LogP contribution in [0, 0.1) is 3.57 Å². The zero-order valence-electron chi connectivity index (χ0n) is 13.5. The molecule has 7 nitrogen and oxygen atoms in total. The highest BCUT2D eigenvalue weighted by Gasteiger charge is 2.16. The van der Waals surface area contributed by atoms with E-state index in [9.17, 15) is 14.7 Å². The third-order valence-corrected chi connectivity index (χ3v) is 3.87. The van der Waals surface area contributed by atoms with E-state index >= 15 is 0 Å². The zero-order chi connectivity index (χ0) is 18.4. The largest absolute Gasteiger partial charge is 0.507 e. The van der Waals surface area contributed by atoms with Gasteiger partial charge in [0, 0.05) is 9.64 Å². The molecule has 0 fully saturated rings. The summed E-state index contributed by atoms with van der Waals surface area (Å²) in [6.07, 6.45) is 0. The molecule has 8 heteroatoms. The van der Waals surface area contributed by atoms with Crippen molar-refractivity contribution in [2.45, 2.75) is 0 Å².